The summed E-state index contributed by atoms with van der Waals surface area (Å²) in [4.78, 5) is 18.2. The third kappa shape index (κ3) is 2.98. The molecule has 3 aliphatic rings. The van der Waals surface area contributed by atoms with E-state index >= 15 is 0 Å². The zero-order valence-corrected chi connectivity index (χ0v) is 18.4. The Labute approximate surface area is 182 Å². The highest BCUT2D eigenvalue weighted by Gasteiger charge is 2.63. The largest absolute Gasteiger partial charge is 0.454 e. The molecule has 160 valence electrons. The van der Waals surface area contributed by atoms with Gasteiger partial charge in [0.1, 0.15) is 0 Å². The molecule has 2 bridgehead atoms. The Balaban J connectivity index is 1.53. The average molecular weight is 418 g/mol. The van der Waals surface area contributed by atoms with Gasteiger partial charge in [-0.3, -0.25) is 0 Å². The second-order valence-electron chi connectivity index (χ2n) is 9.49. The molecule has 2 aromatic carbocycles. The number of oxime groups is 1. The summed E-state index contributed by atoms with van der Waals surface area (Å²) in [5.74, 6) is 1.46. The summed E-state index contributed by atoms with van der Waals surface area (Å²) in [6.07, 6.45) is 4.30. The summed E-state index contributed by atoms with van der Waals surface area (Å²) in [6, 6.07) is 13.4. The Bertz CT molecular complexity index is 1130. The molecule has 5 rings (SSSR count). The predicted octanol–water partition coefficient (Wildman–Crippen LogP) is 5.78. The van der Waals surface area contributed by atoms with Gasteiger partial charge in [-0.2, -0.15) is 0 Å². The Kier molecular flexibility index (Phi) is 4.47. The first-order valence-electron chi connectivity index (χ1n) is 10.8. The van der Waals surface area contributed by atoms with Crippen molar-refractivity contribution in [2.75, 3.05) is 6.79 Å². The third-order valence-corrected chi connectivity index (χ3v) is 7.70. The molecule has 0 radical (unpaired) electrons. The van der Waals surface area contributed by atoms with Crippen LogP contribution in [0.25, 0.3) is 6.08 Å². The molecule has 0 amide bonds. The number of fused-ring (bicyclic) bond motifs is 3. The quantitative estimate of drug-likeness (QED) is 0.469. The van der Waals surface area contributed by atoms with Crippen molar-refractivity contribution in [1.29, 1.82) is 0 Å². The number of benzene rings is 2. The van der Waals surface area contributed by atoms with E-state index in [2.05, 4.69) is 32.0 Å². The summed E-state index contributed by atoms with van der Waals surface area (Å²) in [6.45, 7) is 8.99. The van der Waals surface area contributed by atoms with Crippen molar-refractivity contribution in [2.45, 2.75) is 40.5 Å². The summed E-state index contributed by atoms with van der Waals surface area (Å²) in [5, 5.41) is 4.48. The van der Waals surface area contributed by atoms with Gasteiger partial charge in [-0.05, 0) is 72.1 Å². The van der Waals surface area contributed by atoms with Gasteiger partial charge in [0.2, 0.25) is 6.79 Å². The number of allylic oxidation sites excluding steroid dienone is 1. The standard InChI is InChI=1S/C26H27NO4/c1-16-7-5-6-8-18(16)24(28)31-27-23-19(20-11-12-26(23,4)25(20,2)3)13-17-9-10-21-22(14-17)30-15-29-21/h5-10,13-14,20H,11-12,15H2,1-4H3/b19-13+,27-23+/t20-,26-/m0/s1. The van der Waals surface area contributed by atoms with Crippen LogP contribution in [0.3, 0.4) is 0 Å². The summed E-state index contributed by atoms with van der Waals surface area (Å²) in [5.41, 5.74) is 4.37. The van der Waals surface area contributed by atoms with Gasteiger partial charge in [0.15, 0.2) is 11.5 Å². The Morgan fingerprint density at radius 2 is 1.90 bits per heavy atom. The minimum Gasteiger partial charge on any atom is -0.454 e. The molecule has 5 nitrogen and oxygen atoms in total. The zero-order valence-electron chi connectivity index (χ0n) is 18.4. The number of rotatable bonds is 3. The molecule has 2 aliphatic carbocycles. The van der Waals surface area contributed by atoms with E-state index < -0.39 is 5.97 Å². The van der Waals surface area contributed by atoms with Crippen LogP contribution < -0.4 is 9.47 Å². The van der Waals surface area contributed by atoms with Crippen LogP contribution in [0, 0.1) is 23.7 Å². The second-order valence-corrected chi connectivity index (χ2v) is 9.49. The number of aryl methyl sites for hydroxylation is 1. The van der Waals surface area contributed by atoms with E-state index in [0.29, 0.717) is 11.5 Å². The first-order valence-corrected chi connectivity index (χ1v) is 10.8. The first kappa shape index (κ1) is 19.9. The molecule has 5 heteroatoms. The molecule has 0 spiro atoms. The van der Waals surface area contributed by atoms with Crippen molar-refractivity contribution in [1.82, 2.24) is 0 Å². The van der Waals surface area contributed by atoms with Gasteiger partial charge in [0.25, 0.3) is 0 Å². The highest BCUT2D eigenvalue weighted by molar-refractivity contribution is 6.11. The van der Waals surface area contributed by atoms with E-state index in [1.54, 1.807) is 6.07 Å². The molecule has 0 N–H and O–H groups in total. The highest BCUT2D eigenvalue weighted by Crippen LogP contribution is 2.66. The molecular weight excluding hydrogens is 390 g/mol. The maximum absolute atomic E-state index is 12.7. The molecule has 2 atom stereocenters. The lowest BCUT2D eigenvalue weighted by Crippen LogP contribution is -2.33. The highest BCUT2D eigenvalue weighted by atomic mass is 16.7. The van der Waals surface area contributed by atoms with Crippen LogP contribution >= 0.6 is 0 Å². The van der Waals surface area contributed by atoms with Gasteiger partial charge in [-0.1, -0.05) is 50.2 Å². The molecule has 1 heterocycles. The van der Waals surface area contributed by atoms with Crippen LogP contribution in [0.5, 0.6) is 11.5 Å². The van der Waals surface area contributed by atoms with Gasteiger partial charge in [-0.15, -0.1) is 0 Å². The SMILES string of the molecule is Cc1ccccc1C(=O)O/N=C1\C(=C\c2ccc3c(c2)OCO3)[C@@H]2CC[C@]1(C)C2(C)C. The lowest BCUT2D eigenvalue weighted by molar-refractivity contribution is 0.0508. The Hall–Kier alpha value is -3.08. The molecule has 2 aromatic rings. The summed E-state index contributed by atoms with van der Waals surface area (Å²) >= 11 is 0. The number of hydrogen-bond acceptors (Lipinski definition) is 5. The fourth-order valence-corrected chi connectivity index (χ4v) is 5.40. The van der Waals surface area contributed by atoms with Crippen molar-refractivity contribution < 1.29 is 19.1 Å². The normalized spacial score (nSPS) is 27.8. The average Bonchev–Trinajstić information content (AvgIpc) is 3.33. The van der Waals surface area contributed by atoms with E-state index in [9.17, 15) is 4.79 Å². The number of hydrogen-bond donors (Lipinski definition) is 0. The smallest absolute Gasteiger partial charge is 0.366 e. The summed E-state index contributed by atoms with van der Waals surface area (Å²) in [7, 11) is 0. The number of carbonyl (C=O) groups is 1. The van der Waals surface area contributed by atoms with Crippen molar-refractivity contribution >= 4 is 17.8 Å². The lowest BCUT2D eigenvalue weighted by Gasteiger charge is -2.33. The van der Waals surface area contributed by atoms with Crippen LogP contribution in [0.15, 0.2) is 53.2 Å². The van der Waals surface area contributed by atoms with Crippen molar-refractivity contribution in [3.63, 3.8) is 0 Å². The van der Waals surface area contributed by atoms with Gasteiger partial charge < -0.3 is 14.3 Å². The fourth-order valence-electron chi connectivity index (χ4n) is 5.40. The molecule has 1 aliphatic heterocycles. The Morgan fingerprint density at radius 1 is 1.13 bits per heavy atom. The number of ether oxygens (including phenoxy) is 2. The zero-order chi connectivity index (χ0) is 21.8. The van der Waals surface area contributed by atoms with Crippen molar-refractivity contribution in [3.8, 4) is 11.5 Å². The van der Waals surface area contributed by atoms with Crippen LogP contribution in [0.4, 0.5) is 0 Å². The minimum absolute atomic E-state index is 0.0308. The molecule has 0 unspecified atom stereocenters. The maximum atomic E-state index is 12.7. The van der Waals surface area contributed by atoms with Crippen LogP contribution in [-0.4, -0.2) is 18.5 Å². The van der Waals surface area contributed by atoms with Crippen LogP contribution in [0.1, 0.15) is 55.1 Å². The topological polar surface area (TPSA) is 57.1 Å². The third-order valence-electron chi connectivity index (χ3n) is 7.70. The first-order chi connectivity index (χ1) is 14.8. The number of carbonyl (C=O) groups excluding carboxylic acids is 1. The molecule has 2 saturated carbocycles. The van der Waals surface area contributed by atoms with Crippen molar-refractivity contribution in [3.05, 3.63) is 64.7 Å². The van der Waals surface area contributed by atoms with E-state index in [1.165, 1.54) is 0 Å². The molecule has 31 heavy (non-hydrogen) atoms. The molecular formula is C26H27NO4. The number of nitrogens with zero attached hydrogens (tertiary/aromatic N) is 1. The molecule has 0 saturated heterocycles. The minimum atomic E-state index is -0.419. The van der Waals surface area contributed by atoms with Crippen LogP contribution in [-0.2, 0) is 4.84 Å². The van der Waals surface area contributed by atoms with Gasteiger partial charge in [0, 0.05) is 5.41 Å². The van der Waals surface area contributed by atoms with Gasteiger partial charge in [-0.25, -0.2) is 4.79 Å². The molecule has 0 aromatic heterocycles. The predicted molar refractivity (Wildman–Crippen MR) is 119 cm³/mol. The van der Waals surface area contributed by atoms with Crippen LogP contribution in [0.2, 0.25) is 0 Å². The van der Waals surface area contributed by atoms with E-state index in [-0.39, 0.29) is 17.6 Å². The lowest BCUT2D eigenvalue weighted by atomic mass is 9.70. The fraction of sp³-hybridized carbons (Fsp3) is 0.385. The van der Waals surface area contributed by atoms with E-state index in [4.69, 9.17) is 14.3 Å². The Morgan fingerprint density at radius 3 is 2.71 bits per heavy atom. The van der Waals surface area contributed by atoms with Crippen molar-refractivity contribution in [2.24, 2.45) is 21.9 Å². The monoisotopic (exact) mass is 417 g/mol. The van der Waals surface area contributed by atoms with Gasteiger partial charge >= 0.3 is 5.97 Å². The second kappa shape index (κ2) is 6.98. The van der Waals surface area contributed by atoms with Gasteiger partial charge in [0.05, 0.1) is 11.3 Å². The maximum Gasteiger partial charge on any atom is 0.366 e. The van der Waals surface area contributed by atoms with E-state index in [1.807, 2.05) is 43.3 Å². The summed E-state index contributed by atoms with van der Waals surface area (Å²) < 4.78 is 11.0. The van der Waals surface area contributed by atoms with E-state index in [0.717, 1.165) is 46.8 Å². The molecule has 2 fully saturated rings.